The summed E-state index contributed by atoms with van der Waals surface area (Å²) < 4.78 is 32.5. The van der Waals surface area contributed by atoms with Crippen molar-refractivity contribution in [1.29, 1.82) is 0 Å². The van der Waals surface area contributed by atoms with Crippen molar-refractivity contribution in [2.75, 3.05) is 26.4 Å². The lowest BCUT2D eigenvalue weighted by molar-refractivity contribution is -0.160. The summed E-state index contributed by atoms with van der Waals surface area (Å²) in [5.74, 6) is -1.10. The average molecular weight is 817 g/mol. The molecule has 3 unspecified atom stereocenters. The Labute approximate surface area is 344 Å². The molecule has 0 aromatic heterocycles. The van der Waals surface area contributed by atoms with E-state index in [9.17, 15) is 24.2 Å². The van der Waals surface area contributed by atoms with E-state index in [1.54, 1.807) is 6.08 Å². The Morgan fingerprint density at radius 1 is 0.544 bits per heavy atom. The van der Waals surface area contributed by atoms with Gasteiger partial charge in [-0.2, -0.15) is 0 Å². The number of allylic oxidation sites excluding steroid dienone is 17. The van der Waals surface area contributed by atoms with Gasteiger partial charge in [-0.15, -0.1) is 0 Å². The SMILES string of the molecule is CC/C=C\C/C=C\C/C=C\C/C=C\C/C=C\CC(=O)OC(COC(=O)CCCCCCCC/C=C\C/C=C\C/C=C\C/C=C\CC)COP(=O)(O)OCC(O)CO. The van der Waals surface area contributed by atoms with Crippen molar-refractivity contribution in [3.63, 3.8) is 0 Å². The van der Waals surface area contributed by atoms with Crippen LogP contribution in [0.1, 0.15) is 129 Å². The van der Waals surface area contributed by atoms with E-state index in [4.69, 9.17) is 19.1 Å². The Hall–Kier alpha value is -3.37. The molecule has 11 heteroatoms. The topological polar surface area (TPSA) is 149 Å². The minimum Gasteiger partial charge on any atom is -0.462 e. The van der Waals surface area contributed by atoms with E-state index in [-0.39, 0.29) is 19.4 Å². The number of aliphatic hydroxyl groups excluding tert-OH is 2. The summed E-state index contributed by atoms with van der Waals surface area (Å²) in [7, 11) is -4.65. The van der Waals surface area contributed by atoms with Gasteiger partial charge in [0.15, 0.2) is 6.10 Å². The Kier molecular flexibility index (Phi) is 38.4. The van der Waals surface area contributed by atoms with Crippen LogP contribution >= 0.6 is 7.82 Å². The van der Waals surface area contributed by atoms with Gasteiger partial charge in [0.25, 0.3) is 0 Å². The van der Waals surface area contributed by atoms with E-state index in [1.807, 2.05) is 18.2 Å². The highest BCUT2D eigenvalue weighted by Crippen LogP contribution is 2.43. The second kappa shape index (κ2) is 40.8. The van der Waals surface area contributed by atoms with Crippen LogP contribution in [-0.2, 0) is 32.7 Å². The molecule has 0 amide bonds. The number of aliphatic hydroxyl groups is 2. The normalized spacial score (nSPS) is 15.0. The minimum atomic E-state index is -4.65. The average Bonchev–Trinajstić information content (AvgIpc) is 3.20. The Morgan fingerprint density at radius 3 is 1.46 bits per heavy atom. The van der Waals surface area contributed by atoms with Gasteiger partial charge >= 0.3 is 19.8 Å². The summed E-state index contributed by atoms with van der Waals surface area (Å²) in [5.41, 5.74) is 0. The lowest BCUT2D eigenvalue weighted by Crippen LogP contribution is -2.29. The molecule has 0 rings (SSSR count). The van der Waals surface area contributed by atoms with Crippen LogP contribution in [0.3, 0.4) is 0 Å². The number of carbonyl (C=O) groups excluding carboxylic acids is 2. The molecule has 57 heavy (non-hydrogen) atoms. The van der Waals surface area contributed by atoms with Crippen LogP contribution in [0, 0.1) is 0 Å². The van der Waals surface area contributed by atoms with Crippen LogP contribution < -0.4 is 0 Å². The number of rotatable bonds is 37. The molecule has 0 aromatic rings. The standard InChI is InChI=1S/C46H73O10P/c1-3-5-7-9-11-13-15-17-19-20-21-22-24-25-27-29-31-33-35-37-45(49)53-41-44(42-55-57(51,52)54-40-43(48)39-47)56-46(50)38-36-34-32-30-28-26-23-18-16-14-12-10-8-6-4-2/h5-8,11-14,17-19,21-23,28,30,34,36,43-44,47-48H,3-4,9-10,15-16,20,24-27,29,31-33,35,37-42H2,1-2H3,(H,51,52)/b7-5-,8-6-,13-11-,14-12-,19-17-,22-21-,23-18-,30-28-,36-34-. The minimum absolute atomic E-state index is 0.0581. The number of phosphoric acid groups is 1. The second-order valence-corrected chi connectivity index (χ2v) is 14.7. The zero-order chi connectivity index (χ0) is 41.9. The van der Waals surface area contributed by atoms with Crippen molar-refractivity contribution in [2.24, 2.45) is 0 Å². The summed E-state index contributed by atoms with van der Waals surface area (Å²) in [5, 5.41) is 18.3. The maximum Gasteiger partial charge on any atom is 0.472 e. The molecule has 0 bridgehead atoms. The van der Waals surface area contributed by atoms with Crippen molar-refractivity contribution >= 4 is 19.8 Å². The fourth-order valence-electron chi connectivity index (χ4n) is 4.82. The van der Waals surface area contributed by atoms with Crippen molar-refractivity contribution in [3.8, 4) is 0 Å². The van der Waals surface area contributed by atoms with Gasteiger partial charge in [0, 0.05) is 6.42 Å². The van der Waals surface area contributed by atoms with Crippen LogP contribution in [0.15, 0.2) is 109 Å². The molecule has 3 atom stereocenters. The fourth-order valence-corrected chi connectivity index (χ4v) is 5.61. The van der Waals surface area contributed by atoms with Gasteiger partial charge in [-0.25, -0.2) is 4.57 Å². The van der Waals surface area contributed by atoms with Gasteiger partial charge in [-0.1, -0.05) is 149 Å². The van der Waals surface area contributed by atoms with E-state index in [0.29, 0.717) is 12.8 Å². The van der Waals surface area contributed by atoms with E-state index < -0.39 is 51.8 Å². The third-order valence-electron chi connectivity index (χ3n) is 7.96. The van der Waals surface area contributed by atoms with E-state index >= 15 is 0 Å². The van der Waals surface area contributed by atoms with Crippen LogP contribution in [0.2, 0.25) is 0 Å². The van der Waals surface area contributed by atoms with E-state index in [0.717, 1.165) is 89.9 Å². The van der Waals surface area contributed by atoms with Crippen molar-refractivity contribution < 1.29 is 47.8 Å². The van der Waals surface area contributed by atoms with Crippen LogP contribution in [0.25, 0.3) is 0 Å². The number of unbranched alkanes of at least 4 members (excludes halogenated alkanes) is 6. The largest absolute Gasteiger partial charge is 0.472 e. The molecule has 0 radical (unpaired) electrons. The van der Waals surface area contributed by atoms with Gasteiger partial charge in [-0.05, 0) is 77.0 Å². The Morgan fingerprint density at radius 2 is 0.965 bits per heavy atom. The molecule has 0 aliphatic heterocycles. The number of carbonyl (C=O) groups is 2. The molecular formula is C46H73O10P. The molecule has 0 fully saturated rings. The number of hydrogen-bond donors (Lipinski definition) is 3. The summed E-state index contributed by atoms with van der Waals surface area (Å²) >= 11 is 0. The maximum atomic E-state index is 12.5. The monoisotopic (exact) mass is 816 g/mol. The molecule has 322 valence electrons. The Bertz CT molecular complexity index is 1310. The fraction of sp³-hybridized carbons (Fsp3) is 0.565. The first-order valence-corrected chi connectivity index (χ1v) is 22.3. The number of esters is 2. The highest BCUT2D eigenvalue weighted by molar-refractivity contribution is 7.47. The molecule has 0 saturated carbocycles. The van der Waals surface area contributed by atoms with Crippen LogP contribution in [-0.4, -0.2) is 65.7 Å². The Balaban J connectivity index is 4.47. The molecule has 3 N–H and O–H groups in total. The third-order valence-corrected chi connectivity index (χ3v) is 8.91. The van der Waals surface area contributed by atoms with Crippen LogP contribution in [0.5, 0.6) is 0 Å². The zero-order valence-corrected chi connectivity index (χ0v) is 35.6. The number of ether oxygens (including phenoxy) is 2. The van der Waals surface area contributed by atoms with E-state index in [1.165, 1.54) is 0 Å². The molecule has 0 saturated heterocycles. The van der Waals surface area contributed by atoms with Gasteiger partial charge in [0.1, 0.15) is 12.7 Å². The highest BCUT2D eigenvalue weighted by atomic mass is 31.2. The first kappa shape index (κ1) is 53.6. The second-order valence-electron chi connectivity index (χ2n) is 13.3. The zero-order valence-electron chi connectivity index (χ0n) is 34.7. The van der Waals surface area contributed by atoms with Crippen molar-refractivity contribution in [2.45, 2.75) is 142 Å². The predicted octanol–water partition coefficient (Wildman–Crippen LogP) is 11.0. The quantitative estimate of drug-likeness (QED) is 0.0239. The first-order chi connectivity index (χ1) is 27.7. The first-order valence-electron chi connectivity index (χ1n) is 20.8. The predicted molar refractivity (Wildman–Crippen MR) is 232 cm³/mol. The van der Waals surface area contributed by atoms with Gasteiger partial charge in [0.05, 0.1) is 26.2 Å². The molecule has 0 aliphatic carbocycles. The van der Waals surface area contributed by atoms with Crippen molar-refractivity contribution in [1.82, 2.24) is 0 Å². The number of hydrogen-bond acceptors (Lipinski definition) is 9. The third kappa shape index (κ3) is 40.6. The molecule has 10 nitrogen and oxygen atoms in total. The highest BCUT2D eigenvalue weighted by Gasteiger charge is 2.27. The molecule has 0 spiro atoms. The summed E-state index contributed by atoms with van der Waals surface area (Å²) in [4.78, 5) is 34.9. The van der Waals surface area contributed by atoms with E-state index in [2.05, 4.69) is 103 Å². The van der Waals surface area contributed by atoms with Gasteiger partial charge in [-0.3, -0.25) is 18.6 Å². The smallest absolute Gasteiger partial charge is 0.462 e. The summed E-state index contributed by atoms with van der Waals surface area (Å²) in [6, 6.07) is 0. The van der Waals surface area contributed by atoms with Crippen molar-refractivity contribution in [3.05, 3.63) is 109 Å². The summed E-state index contributed by atoms with van der Waals surface area (Å²) in [6.07, 6.45) is 50.8. The van der Waals surface area contributed by atoms with Gasteiger partial charge in [0.2, 0.25) is 0 Å². The van der Waals surface area contributed by atoms with Crippen LogP contribution in [0.4, 0.5) is 0 Å². The molecule has 0 heterocycles. The maximum absolute atomic E-state index is 12.5. The number of phosphoric ester groups is 1. The summed E-state index contributed by atoms with van der Waals surface area (Å²) in [6.45, 7) is 1.99. The lowest BCUT2D eigenvalue weighted by Gasteiger charge is -2.20. The lowest BCUT2D eigenvalue weighted by atomic mass is 10.1. The molecular weight excluding hydrogens is 743 g/mol. The van der Waals surface area contributed by atoms with Gasteiger partial charge < -0.3 is 24.6 Å². The molecule has 0 aromatic carbocycles. The molecule has 0 aliphatic rings.